The van der Waals surface area contributed by atoms with Crippen LogP contribution in [-0.2, 0) is 14.6 Å². The van der Waals surface area contributed by atoms with Crippen LogP contribution < -0.4 is 0 Å². The van der Waals surface area contributed by atoms with E-state index in [1.165, 1.54) is 6.26 Å². The Balaban J connectivity index is 1.88. The van der Waals surface area contributed by atoms with Crippen molar-refractivity contribution in [1.29, 1.82) is 0 Å². The number of aromatic nitrogens is 3. The van der Waals surface area contributed by atoms with E-state index in [-0.39, 0.29) is 17.8 Å². The van der Waals surface area contributed by atoms with E-state index in [9.17, 15) is 8.42 Å². The Morgan fingerprint density at radius 2 is 2.24 bits per heavy atom. The van der Waals surface area contributed by atoms with Crippen LogP contribution in [0.2, 0.25) is 0 Å². The Kier molecular flexibility index (Phi) is 5.34. The second kappa shape index (κ2) is 6.85. The first-order valence-electron chi connectivity index (χ1n) is 7.29. The molecule has 1 N–H and O–H groups in total. The minimum Gasteiger partial charge on any atom is -0.368 e. The van der Waals surface area contributed by atoms with E-state index in [2.05, 4.69) is 20.1 Å². The van der Waals surface area contributed by atoms with Gasteiger partial charge >= 0.3 is 0 Å². The summed E-state index contributed by atoms with van der Waals surface area (Å²) < 4.78 is 28.1. The summed E-state index contributed by atoms with van der Waals surface area (Å²) >= 11 is 0. The Bertz CT molecular complexity index is 556. The number of hydrogen-bond acceptors (Lipinski definition) is 6. The molecular weight excluding hydrogens is 292 g/mol. The molecule has 21 heavy (non-hydrogen) atoms. The highest BCUT2D eigenvalue weighted by Crippen LogP contribution is 2.20. The molecule has 1 aliphatic heterocycles. The van der Waals surface area contributed by atoms with Gasteiger partial charge in [-0.15, -0.1) is 0 Å². The normalized spacial score (nSPS) is 21.0. The standard InChI is InChI=1S/C13H24N4O3S/c1-10(2)12-14-13(16-15-12)11-9-17(6-7-20-11)5-4-8-21(3,18)19/h10-11H,4-9H2,1-3H3,(H,14,15,16)/t11-/m0/s1. The van der Waals surface area contributed by atoms with Gasteiger partial charge in [-0.2, -0.15) is 5.10 Å². The van der Waals surface area contributed by atoms with Gasteiger partial charge in [-0.1, -0.05) is 13.8 Å². The lowest BCUT2D eigenvalue weighted by Crippen LogP contribution is -2.39. The molecule has 2 rings (SSSR count). The van der Waals surface area contributed by atoms with E-state index in [1.54, 1.807) is 0 Å². The summed E-state index contributed by atoms with van der Waals surface area (Å²) in [6, 6.07) is 0. The molecule has 1 fully saturated rings. The topological polar surface area (TPSA) is 88.2 Å². The average molecular weight is 316 g/mol. The molecule has 1 aromatic heterocycles. The summed E-state index contributed by atoms with van der Waals surface area (Å²) in [5.74, 6) is 2.06. The summed E-state index contributed by atoms with van der Waals surface area (Å²) in [6.45, 7) is 7.03. The number of rotatable bonds is 6. The highest BCUT2D eigenvalue weighted by molar-refractivity contribution is 7.90. The Hall–Kier alpha value is -0.990. The predicted molar refractivity (Wildman–Crippen MR) is 79.9 cm³/mol. The number of aromatic amines is 1. The van der Waals surface area contributed by atoms with Crippen LogP contribution in [0.1, 0.15) is 43.9 Å². The van der Waals surface area contributed by atoms with Gasteiger partial charge in [-0.25, -0.2) is 13.4 Å². The quantitative estimate of drug-likeness (QED) is 0.832. The summed E-state index contributed by atoms with van der Waals surface area (Å²) in [5.41, 5.74) is 0. The van der Waals surface area contributed by atoms with Gasteiger partial charge in [0, 0.05) is 25.3 Å². The smallest absolute Gasteiger partial charge is 0.155 e. The lowest BCUT2D eigenvalue weighted by atomic mass is 10.2. The molecule has 2 heterocycles. The van der Waals surface area contributed by atoms with Crippen molar-refractivity contribution in [3.8, 4) is 0 Å². The highest BCUT2D eigenvalue weighted by Gasteiger charge is 2.25. The van der Waals surface area contributed by atoms with Crippen molar-refractivity contribution in [2.45, 2.75) is 32.3 Å². The van der Waals surface area contributed by atoms with Gasteiger partial charge in [0.05, 0.1) is 12.4 Å². The number of nitrogens with one attached hydrogen (secondary N) is 1. The zero-order valence-corrected chi connectivity index (χ0v) is 13.7. The lowest BCUT2D eigenvalue weighted by molar-refractivity contribution is -0.0340. The Labute approximate surface area is 126 Å². The van der Waals surface area contributed by atoms with Crippen LogP contribution in [0.15, 0.2) is 0 Å². The summed E-state index contributed by atoms with van der Waals surface area (Å²) in [4.78, 5) is 6.69. The third-order valence-electron chi connectivity index (χ3n) is 3.48. The Morgan fingerprint density at radius 1 is 1.48 bits per heavy atom. The maximum Gasteiger partial charge on any atom is 0.155 e. The molecule has 0 radical (unpaired) electrons. The van der Waals surface area contributed by atoms with Crippen molar-refractivity contribution in [3.63, 3.8) is 0 Å². The van der Waals surface area contributed by atoms with E-state index in [0.717, 1.165) is 31.3 Å². The minimum absolute atomic E-state index is 0.114. The SMILES string of the molecule is CC(C)c1n[nH]c([C@@H]2CN(CCCS(C)(=O)=O)CCO2)n1. The van der Waals surface area contributed by atoms with Crippen LogP contribution in [-0.4, -0.2) is 66.7 Å². The molecule has 0 saturated carbocycles. The Morgan fingerprint density at radius 3 is 2.86 bits per heavy atom. The van der Waals surface area contributed by atoms with E-state index in [4.69, 9.17) is 4.74 Å². The highest BCUT2D eigenvalue weighted by atomic mass is 32.2. The lowest BCUT2D eigenvalue weighted by Gasteiger charge is -2.31. The van der Waals surface area contributed by atoms with Gasteiger partial charge < -0.3 is 4.74 Å². The first kappa shape index (κ1) is 16.4. The molecule has 0 unspecified atom stereocenters. The van der Waals surface area contributed by atoms with Crippen LogP contribution >= 0.6 is 0 Å². The maximum absolute atomic E-state index is 11.2. The molecule has 0 bridgehead atoms. The fourth-order valence-corrected chi connectivity index (χ4v) is 2.97. The number of sulfone groups is 1. The predicted octanol–water partition coefficient (Wildman–Crippen LogP) is 0.736. The molecule has 0 aromatic carbocycles. The molecule has 0 spiro atoms. The van der Waals surface area contributed by atoms with Crippen molar-refractivity contribution >= 4 is 9.84 Å². The molecule has 1 aromatic rings. The fourth-order valence-electron chi connectivity index (χ4n) is 2.31. The molecule has 8 heteroatoms. The van der Waals surface area contributed by atoms with Crippen molar-refractivity contribution in [3.05, 3.63) is 11.6 Å². The van der Waals surface area contributed by atoms with E-state index in [1.807, 2.05) is 13.8 Å². The second-order valence-electron chi connectivity index (χ2n) is 5.88. The summed E-state index contributed by atoms with van der Waals surface area (Å²) in [6.07, 6.45) is 1.81. The molecule has 1 atom stereocenters. The first-order valence-corrected chi connectivity index (χ1v) is 9.35. The third-order valence-corrected chi connectivity index (χ3v) is 4.51. The molecule has 120 valence electrons. The zero-order valence-electron chi connectivity index (χ0n) is 12.9. The minimum atomic E-state index is -2.88. The first-order chi connectivity index (χ1) is 9.85. The van der Waals surface area contributed by atoms with E-state index in [0.29, 0.717) is 13.0 Å². The molecule has 1 saturated heterocycles. The largest absolute Gasteiger partial charge is 0.368 e. The van der Waals surface area contributed by atoms with Crippen LogP contribution in [0.5, 0.6) is 0 Å². The van der Waals surface area contributed by atoms with Gasteiger partial charge in [0.2, 0.25) is 0 Å². The van der Waals surface area contributed by atoms with Crippen molar-refractivity contribution in [2.24, 2.45) is 0 Å². The molecule has 0 aliphatic carbocycles. The maximum atomic E-state index is 11.2. The molecular formula is C13H24N4O3S. The van der Waals surface area contributed by atoms with E-state index < -0.39 is 9.84 Å². The van der Waals surface area contributed by atoms with Gasteiger partial charge in [-0.3, -0.25) is 10.00 Å². The molecule has 1 aliphatic rings. The average Bonchev–Trinajstić information content (AvgIpc) is 2.87. The summed E-state index contributed by atoms with van der Waals surface area (Å²) in [7, 11) is -2.88. The van der Waals surface area contributed by atoms with Crippen LogP contribution in [0, 0.1) is 0 Å². The monoisotopic (exact) mass is 316 g/mol. The fraction of sp³-hybridized carbons (Fsp3) is 0.846. The molecule has 0 amide bonds. The number of ether oxygens (including phenoxy) is 1. The van der Waals surface area contributed by atoms with Gasteiger partial charge in [0.15, 0.2) is 11.6 Å². The number of hydrogen-bond donors (Lipinski definition) is 1. The van der Waals surface area contributed by atoms with Crippen molar-refractivity contribution in [2.75, 3.05) is 38.2 Å². The van der Waals surface area contributed by atoms with Crippen molar-refractivity contribution < 1.29 is 13.2 Å². The van der Waals surface area contributed by atoms with Gasteiger partial charge in [-0.05, 0) is 13.0 Å². The second-order valence-corrected chi connectivity index (χ2v) is 8.14. The van der Waals surface area contributed by atoms with E-state index >= 15 is 0 Å². The number of morpholine rings is 1. The number of nitrogens with zero attached hydrogens (tertiary/aromatic N) is 3. The third kappa shape index (κ3) is 5.05. The van der Waals surface area contributed by atoms with Crippen LogP contribution in [0.4, 0.5) is 0 Å². The van der Waals surface area contributed by atoms with Crippen LogP contribution in [0.3, 0.4) is 0 Å². The number of H-pyrrole nitrogens is 1. The van der Waals surface area contributed by atoms with Crippen LogP contribution in [0.25, 0.3) is 0 Å². The molecule has 7 nitrogen and oxygen atoms in total. The summed E-state index contributed by atoms with van der Waals surface area (Å²) in [5, 5.41) is 7.15. The van der Waals surface area contributed by atoms with Crippen molar-refractivity contribution in [1.82, 2.24) is 20.1 Å². The zero-order chi connectivity index (χ0) is 15.5. The van der Waals surface area contributed by atoms with Gasteiger partial charge in [0.25, 0.3) is 0 Å². The van der Waals surface area contributed by atoms with Gasteiger partial charge in [0.1, 0.15) is 15.9 Å².